The fourth-order valence-electron chi connectivity index (χ4n) is 1.24. The Morgan fingerprint density at radius 1 is 1.14 bits per heavy atom. The fourth-order valence-corrected chi connectivity index (χ4v) is 3.04. The Balaban J connectivity index is 3.82. The van der Waals surface area contributed by atoms with Gasteiger partial charge in [0.2, 0.25) is 0 Å². The lowest BCUT2D eigenvalue weighted by Crippen LogP contribution is -2.47. The Kier molecular flexibility index (Phi) is 9.41. The second-order valence-electron chi connectivity index (χ2n) is 5.87. The molecule has 0 saturated carbocycles. The number of quaternary nitrogens is 1. The molecule has 0 aliphatic carbocycles. The lowest BCUT2D eigenvalue weighted by Gasteiger charge is -2.24. The third-order valence-electron chi connectivity index (χ3n) is 2.86. The molecule has 0 aliphatic heterocycles. The molecule has 0 aliphatic rings. The first-order valence-corrected chi connectivity index (χ1v) is 10.8. The minimum atomic E-state index is -3.97. The molecule has 0 saturated heterocycles. The maximum atomic E-state index is 11.6. The number of phosphoric ester groups is 1. The number of hydrogen-bond donors (Lipinski definition) is 2. The van der Waals surface area contributed by atoms with Crippen LogP contribution >= 0.6 is 7.82 Å². The monoisotopic (exact) mass is 345 g/mol. The van der Waals surface area contributed by atoms with Crippen LogP contribution in [-0.4, -0.2) is 85.8 Å². The molecule has 1 atom stereocenters. The summed E-state index contributed by atoms with van der Waals surface area (Å²) in [5, 5.41) is 3.08. The van der Waals surface area contributed by atoms with Gasteiger partial charge >= 0.3 is 16.4 Å². The van der Waals surface area contributed by atoms with Crippen LogP contribution in [0, 0.1) is 0 Å². The molecule has 0 aromatic carbocycles. The molecule has 0 spiro atoms. The normalized spacial score (nSPS) is 16.0. The van der Waals surface area contributed by atoms with E-state index in [1.165, 1.54) is 0 Å². The van der Waals surface area contributed by atoms with Crippen LogP contribution in [-0.2, 0) is 22.5 Å². The smallest absolute Gasteiger partial charge is 0.397 e. The largest absolute Gasteiger partial charge is 0.472 e. The van der Waals surface area contributed by atoms with Gasteiger partial charge in [-0.1, -0.05) is 0 Å². The van der Waals surface area contributed by atoms with E-state index in [4.69, 9.17) is 17.9 Å². The quantitative estimate of drug-likeness (QED) is 0.228. The van der Waals surface area contributed by atoms with Gasteiger partial charge in [0, 0.05) is 26.9 Å². The van der Waals surface area contributed by atoms with E-state index in [1.807, 2.05) is 27.7 Å². The minimum absolute atomic E-state index is 0.0794. The number of likely N-dealkylation sites (N-methyl/N-ethyl adjacent to an activating group) is 1. The zero-order valence-electron chi connectivity index (χ0n) is 13.9. The van der Waals surface area contributed by atoms with Gasteiger partial charge in [-0.05, 0) is 6.55 Å². The molecule has 0 aromatic rings. The summed E-state index contributed by atoms with van der Waals surface area (Å²) in [5.74, 6) is 0. The molecule has 1 unspecified atom stereocenters. The van der Waals surface area contributed by atoms with Crippen molar-refractivity contribution in [1.29, 1.82) is 0 Å². The van der Waals surface area contributed by atoms with E-state index in [2.05, 4.69) is 5.32 Å². The highest BCUT2D eigenvalue weighted by Crippen LogP contribution is 2.42. The molecule has 0 amide bonds. The summed E-state index contributed by atoms with van der Waals surface area (Å²) >= 11 is 0. The highest BCUT2D eigenvalue weighted by Gasteiger charge is 2.28. The van der Waals surface area contributed by atoms with Crippen molar-refractivity contribution in [2.75, 3.05) is 67.8 Å². The topological polar surface area (TPSA) is 86.3 Å². The Morgan fingerprint density at radius 3 is 2.14 bits per heavy atom. The van der Waals surface area contributed by atoms with Gasteiger partial charge in [-0.3, -0.25) is 9.05 Å². The molecule has 0 radical (unpaired) electrons. The second kappa shape index (κ2) is 9.34. The number of rotatable bonds is 12. The standard InChI is InChI=1S/C11H29N2O6PSi/c1-13(2,3)8-10-19-20(14,15)18-9-7-12-11-21(6,16-4)17-5/h12H,7-11H2,1-6H3/p+1. The average Bonchev–Trinajstić information content (AvgIpc) is 2.36. The zero-order chi connectivity index (χ0) is 16.6. The molecule has 10 heteroatoms. The first-order chi connectivity index (χ1) is 9.54. The molecule has 0 rings (SSSR count). The summed E-state index contributed by atoms with van der Waals surface area (Å²) < 4.78 is 32.6. The Hall–Kier alpha value is 0.167. The van der Waals surface area contributed by atoms with Crippen LogP contribution in [0.1, 0.15) is 0 Å². The Bertz CT molecular complexity index is 335. The van der Waals surface area contributed by atoms with Gasteiger partial charge in [-0.25, -0.2) is 4.57 Å². The minimum Gasteiger partial charge on any atom is -0.397 e. The SMILES string of the molecule is CO[Si](C)(CNCCOP(=O)(O)OCC[N+](C)(C)C)OC. The van der Waals surface area contributed by atoms with E-state index in [1.54, 1.807) is 14.2 Å². The van der Waals surface area contributed by atoms with Crippen molar-refractivity contribution in [3.05, 3.63) is 0 Å². The van der Waals surface area contributed by atoms with Gasteiger partial charge in [0.1, 0.15) is 13.2 Å². The molecule has 8 nitrogen and oxygen atoms in total. The average molecular weight is 345 g/mol. The van der Waals surface area contributed by atoms with E-state index >= 15 is 0 Å². The number of hydrogen-bond acceptors (Lipinski definition) is 6. The van der Waals surface area contributed by atoms with Crippen LogP contribution in [0.25, 0.3) is 0 Å². The summed E-state index contributed by atoms with van der Waals surface area (Å²) in [7, 11) is 3.00. The number of nitrogens with one attached hydrogen (secondary N) is 1. The van der Waals surface area contributed by atoms with E-state index < -0.39 is 16.4 Å². The van der Waals surface area contributed by atoms with Crippen molar-refractivity contribution < 1.29 is 31.8 Å². The van der Waals surface area contributed by atoms with E-state index in [9.17, 15) is 9.46 Å². The van der Waals surface area contributed by atoms with Gasteiger partial charge in [-0.2, -0.15) is 0 Å². The first kappa shape index (κ1) is 21.2. The van der Waals surface area contributed by atoms with Gasteiger partial charge < -0.3 is 23.5 Å². The van der Waals surface area contributed by atoms with E-state index in [-0.39, 0.29) is 13.2 Å². The number of phosphoric acid groups is 1. The molecule has 0 fully saturated rings. The fraction of sp³-hybridized carbons (Fsp3) is 1.00. The molecule has 0 bridgehead atoms. The van der Waals surface area contributed by atoms with Crippen LogP contribution in [0.4, 0.5) is 0 Å². The van der Waals surface area contributed by atoms with Crippen LogP contribution in [0.3, 0.4) is 0 Å². The molecule has 0 aromatic heterocycles. The number of nitrogens with zero attached hydrogens (tertiary/aromatic N) is 1. The molecular formula is C11H30N2O6PSi+. The van der Waals surface area contributed by atoms with Crippen molar-refractivity contribution >= 4 is 16.4 Å². The zero-order valence-corrected chi connectivity index (χ0v) is 15.8. The van der Waals surface area contributed by atoms with Crippen LogP contribution in [0.2, 0.25) is 6.55 Å². The van der Waals surface area contributed by atoms with Crippen molar-refractivity contribution in [3.63, 3.8) is 0 Å². The first-order valence-electron chi connectivity index (χ1n) is 6.77. The van der Waals surface area contributed by atoms with Crippen LogP contribution < -0.4 is 5.32 Å². The van der Waals surface area contributed by atoms with Crippen molar-refractivity contribution in [2.45, 2.75) is 6.55 Å². The lowest BCUT2D eigenvalue weighted by molar-refractivity contribution is -0.870. The molecule has 2 N–H and O–H groups in total. The van der Waals surface area contributed by atoms with E-state index in [0.717, 1.165) is 0 Å². The van der Waals surface area contributed by atoms with Gasteiger partial charge in [0.05, 0.1) is 27.7 Å². The van der Waals surface area contributed by atoms with Crippen molar-refractivity contribution in [3.8, 4) is 0 Å². The summed E-state index contributed by atoms with van der Waals surface area (Å²) in [6.45, 7) is 3.21. The van der Waals surface area contributed by atoms with Gasteiger partial charge in [0.25, 0.3) is 0 Å². The predicted octanol–water partition coefficient (Wildman–Crippen LogP) is 0.320. The van der Waals surface area contributed by atoms with Crippen LogP contribution in [0.15, 0.2) is 0 Å². The Morgan fingerprint density at radius 2 is 1.67 bits per heavy atom. The highest BCUT2D eigenvalue weighted by molar-refractivity contribution is 7.47. The molecule has 21 heavy (non-hydrogen) atoms. The third kappa shape index (κ3) is 11.4. The van der Waals surface area contributed by atoms with Gasteiger partial charge in [0.15, 0.2) is 0 Å². The predicted molar refractivity (Wildman–Crippen MR) is 83.1 cm³/mol. The third-order valence-corrected chi connectivity index (χ3v) is 6.50. The van der Waals surface area contributed by atoms with Crippen molar-refractivity contribution in [1.82, 2.24) is 5.32 Å². The van der Waals surface area contributed by atoms with Gasteiger partial charge in [-0.15, -0.1) is 0 Å². The molecule has 128 valence electrons. The second-order valence-corrected chi connectivity index (χ2v) is 10.8. The summed E-state index contributed by atoms with van der Waals surface area (Å²) in [4.78, 5) is 9.50. The molecule has 0 heterocycles. The van der Waals surface area contributed by atoms with Crippen molar-refractivity contribution in [2.24, 2.45) is 0 Å². The summed E-state index contributed by atoms with van der Waals surface area (Å²) in [5.41, 5.74) is 0. The van der Waals surface area contributed by atoms with E-state index in [0.29, 0.717) is 23.7 Å². The lowest BCUT2D eigenvalue weighted by atomic mass is 10.5. The maximum absolute atomic E-state index is 11.6. The maximum Gasteiger partial charge on any atom is 0.472 e. The summed E-state index contributed by atoms with van der Waals surface area (Å²) in [6, 6.07) is 0. The van der Waals surface area contributed by atoms with Crippen LogP contribution in [0.5, 0.6) is 0 Å². The summed E-state index contributed by atoms with van der Waals surface area (Å²) in [6.07, 6.45) is 0.571. The molecular weight excluding hydrogens is 315 g/mol. The highest BCUT2D eigenvalue weighted by atomic mass is 31.2. The Labute approximate surface area is 128 Å².